The van der Waals surface area contributed by atoms with E-state index in [2.05, 4.69) is 10.3 Å². The van der Waals surface area contributed by atoms with Crippen molar-refractivity contribution < 1.29 is 14.3 Å². The van der Waals surface area contributed by atoms with E-state index >= 15 is 0 Å². The molecule has 1 N–H and O–H groups in total. The Hall–Kier alpha value is -2.57. The van der Waals surface area contributed by atoms with Gasteiger partial charge in [-0.05, 0) is 49.7 Å². The Bertz CT molecular complexity index is 989. The Morgan fingerprint density at radius 1 is 1.21 bits per heavy atom. The third kappa shape index (κ3) is 4.89. The lowest BCUT2D eigenvalue weighted by molar-refractivity contribution is -0.132. The van der Waals surface area contributed by atoms with Crippen molar-refractivity contribution >= 4 is 52.6 Å². The van der Waals surface area contributed by atoms with Crippen molar-refractivity contribution in [2.24, 2.45) is 4.99 Å². The summed E-state index contributed by atoms with van der Waals surface area (Å²) in [6, 6.07) is 10.6. The molecule has 0 aromatic heterocycles. The van der Waals surface area contributed by atoms with E-state index in [-0.39, 0.29) is 11.8 Å². The van der Waals surface area contributed by atoms with Crippen LogP contribution in [-0.4, -0.2) is 36.7 Å². The molecule has 152 valence electrons. The molecular weight excluding hydrogens is 413 g/mol. The highest BCUT2D eigenvalue weighted by molar-refractivity contribution is 6.42. The van der Waals surface area contributed by atoms with Gasteiger partial charge in [0, 0.05) is 26.2 Å². The summed E-state index contributed by atoms with van der Waals surface area (Å²) in [6.45, 7) is 5.56. The predicted octanol–water partition coefficient (Wildman–Crippen LogP) is 4.38. The van der Waals surface area contributed by atoms with Gasteiger partial charge in [0.1, 0.15) is 5.75 Å². The van der Waals surface area contributed by atoms with E-state index in [0.29, 0.717) is 40.3 Å². The molecule has 1 aliphatic heterocycles. The molecule has 2 amide bonds. The molecule has 0 radical (unpaired) electrons. The highest BCUT2D eigenvalue weighted by Gasteiger charge is 2.40. The van der Waals surface area contributed by atoms with Crippen molar-refractivity contribution in [1.29, 1.82) is 0 Å². The van der Waals surface area contributed by atoms with E-state index in [1.807, 2.05) is 12.1 Å². The van der Waals surface area contributed by atoms with Crippen molar-refractivity contribution in [3.05, 3.63) is 52.0 Å². The van der Waals surface area contributed by atoms with Crippen molar-refractivity contribution in [3.63, 3.8) is 0 Å². The molecule has 3 rings (SSSR count). The zero-order chi connectivity index (χ0) is 21.2. The van der Waals surface area contributed by atoms with Gasteiger partial charge in [0.05, 0.1) is 21.4 Å². The zero-order valence-electron chi connectivity index (χ0n) is 16.3. The van der Waals surface area contributed by atoms with E-state index in [1.165, 1.54) is 6.92 Å². The van der Waals surface area contributed by atoms with Gasteiger partial charge in [-0.25, -0.2) is 0 Å². The molecule has 0 bridgehead atoms. The Balaban J connectivity index is 1.89. The van der Waals surface area contributed by atoms with Gasteiger partial charge in [-0.3, -0.25) is 14.6 Å². The summed E-state index contributed by atoms with van der Waals surface area (Å²) in [6.07, 6.45) is 1.67. The van der Waals surface area contributed by atoms with Crippen LogP contribution in [0, 0.1) is 0 Å². The minimum atomic E-state index is -0.992. The second-order valence-corrected chi connectivity index (χ2v) is 7.95. The van der Waals surface area contributed by atoms with Gasteiger partial charge in [0.2, 0.25) is 5.91 Å². The summed E-state index contributed by atoms with van der Waals surface area (Å²) in [5, 5.41) is 3.64. The fourth-order valence-corrected chi connectivity index (χ4v) is 3.25. The topological polar surface area (TPSA) is 71.0 Å². The van der Waals surface area contributed by atoms with E-state index in [9.17, 15) is 9.59 Å². The number of ether oxygens (including phenoxy) is 1. The molecule has 0 atom stereocenters. The normalized spacial score (nSPS) is 15.2. The van der Waals surface area contributed by atoms with Gasteiger partial charge in [-0.1, -0.05) is 29.3 Å². The Morgan fingerprint density at radius 3 is 2.66 bits per heavy atom. The highest BCUT2D eigenvalue weighted by Crippen LogP contribution is 2.40. The summed E-state index contributed by atoms with van der Waals surface area (Å²) in [7, 11) is 0. The molecule has 2 aromatic carbocycles. The minimum Gasteiger partial charge on any atom is -0.476 e. The lowest BCUT2D eigenvalue weighted by Gasteiger charge is -2.38. The van der Waals surface area contributed by atoms with E-state index in [4.69, 9.17) is 27.9 Å². The first kappa shape index (κ1) is 21.1. The van der Waals surface area contributed by atoms with Gasteiger partial charge in [-0.2, -0.15) is 0 Å². The fraction of sp³-hybridized carbons (Fsp3) is 0.286. The van der Waals surface area contributed by atoms with Crippen LogP contribution in [0.3, 0.4) is 0 Å². The average molecular weight is 434 g/mol. The summed E-state index contributed by atoms with van der Waals surface area (Å²) in [5.41, 5.74) is 1.07. The van der Waals surface area contributed by atoms with E-state index in [1.54, 1.807) is 49.2 Å². The van der Waals surface area contributed by atoms with Gasteiger partial charge in [-0.15, -0.1) is 0 Å². The number of halogens is 2. The van der Waals surface area contributed by atoms with Crippen LogP contribution in [0.1, 0.15) is 26.3 Å². The third-order valence-corrected chi connectivity index (χ3v) is 5.11. The number of benzene rings is 2. The number of nitrogens with zero attached hydrogens (tertiary/aromatic N) is 2. The number of fused-ring (bicyclic) bond motifs is 1. The molecule has 29 heavy (non-hydrogen) atoms. The van der Waals surface area contributed by atoms with Crippen molar-refractivity contribution in [1.82, 2.24) is 5.32 Å². The number of amides is 2. The molecule has 1 aliphatic rings. The third-order valence-electron chi connectivity index (χ3n) is 4.37. The van der Waals surface area contributed by atoms with Crippen LogP contribution < -0.4 is 15.0 Å². The number of carbonyl (C=O) groups is 2. The van der Waals surface area contributed by atoms with Gasteiger partial charge in [0.15, 0.2) is 5.60 Å². The molecule has 6 nitrogen and oxygen atoms in total. The summed E-state index contributed by atoms with van der Waals surface area (Å²) in [4.78, 5) is 30.1. The Morgan fingerprint density at radius 2 is 1.97 bits per heavy atom. The number of aliphatic imine (C=N–C) groups is 1. The number of nitrogens with one attached hydrogen (secondary N) is 1. The van der Waals surface area contributed by atoms with Crippen LogP contribution in [0.4, 0.5) is 11.4 Å². The quantitative estimate of drug-likeness (QED) is 0.710. The fourth-order valence-electron chi connectivity index (χ4n) is 2.94. The highest BCUT2D eigenvalue weighted by atomic mass is 35.5. The van der Waals surface area contributed by atoms with Crippen LogP contribution in [0.25, 0.3) is 0 Å². The molecule has 0 saturated carbocycles. The van der Waals surface area contributed by atoms with Gasteiger partial charge in [0.25, 0.3) is 5.91 Å². The second kappa shape index (κ2) is 8.43. The molecule has 0 saturated heterocycles. The smallest absolute Gasteiger partial charge is 0.270 e. The van der Waals surface area contributed by atoms with Crippen molar-refractivity contribution in [2.45, 2.75) is 26.4 Å². The Labute approximate surface area is 179 Å². The lowest BCUT2D eigenvalue weighted by atomic mass is 10.0. The first-order chi connectivity index (χ1) is 13.7. The number of hydrogen-bond donors (Lipinski definition) is 1. The first-order valence-electron chi connectivity index (χ1n) is 9.06. The number of carbonyl (C=O) groups excluding carboxylic acids is 2. The average Bonchev–Trinajstić information content (AvgIpc) is 2.65. The van der Waals surface area contributed by atoms with Crippen LogP contribution >= 0.6 is 23.2 Å². The molecule has 0 fully saturated rings. The maximum Gasteiger partial charge on any atom is 0.270 e. The minimum absolute atomic E-state index is 0.148. The molecule has 1 heterocycles. The van der Waals surface area contributed by atoms with Crippen LogP contribution in [0.5, 0.6) is 5.75 Å². The van der Waals surface area contributed by atoms with Crippen LogP contribution in [0.15, 0.2) is 41.4 Å². The van der Waals surface area contributed by atoms with Gasteiger partial charge < -0.3 is 15.0 Å². The standard InChI is InChI=1S/C21H21Cl2N3O3/c1-13(27)24-8-9-26-18-11-15(5-7-19(18)29-21(2,3)20(26)28)25-12-14-4-6-16(22)17(23)10-14/h4-7,10-12H,8-9H2,1-3H3,(H,24,27). The van der Waals surface area contributed by atoms with E-state index < -0.39 is 5.60 Å². The summed E-state index contributed by atoms with van der Waals surface area (Å²) < 4.78 is 5.87. The van der Waals surface area contributed by atoms with Crippen LogP contribution in [0.2, 0.25) is 10.0 Å². The molecule has 0 aliphatic carbocycles. The molecule has 8 heteroatoms. The molecule has 0 spiro atoms. The molecular formula is C21H21Cl2N3O3. The zero-order valence-corrected chi connectivity index (χ0v) is 17.8. The maximum atomic E-state index is 12.9. The van der Waals surface area contributed by atoms with Gasteiger partial charge >= 0.3 is 0 Å². The second-order valence-electron chi connectivity index (χ2n) is 7.14. The summed E-state index contributed by atoms with van der Waals surface area (Å²) >= 11 is 12.0. The number of anilines is 1. The van der Waals surface area contributed by atoms with Crippen LogP contribution in [-0.2, 0) is 9.59 Å². The van der Waals surface area contributed by atoms with Crippen molar-refractivity contribution in [3.8, 4) is 5.75 Å². The SMILES string of the molecule is CC(=O)NCCN1C(=O)C(C)(C)Oc2ccc(N=Cc3ccc(Cl)c(Cl)c3)cc21. The maximum absolute atomic E-state index is 12.9. The Kier molecular flexibility index (Phi) is 6.15. The molecule has 0 unspecified atom stereocenters. The summed E-state index contributed by atoms with van der Waals surface area (Å²) in [5.74, 6) is 0.261. The number of hydrogen-bond acceptors (Lipinski definition) is 4. The lowest BCUT2D eigenvalue weighted by Crippen LogP contribution is -2.54. The number of rotatable bonds is 5. The molecule has 2 aromatic rings. The monoisotopic (exact) mass is 433 g/mol. The van der Waals surface area contributed by atoms with Crippen molar-refractivity contribution in [2.75, 3.05) is 18.0 Å². The predicted molar refractivity (Wildman–Crippen MR) is 116 cm³/mol. The first-order valence-corrected chi connectivity index (χ1v) is 9.81. The largest absolute Gasteiger partial charge is 0.476 e. The van der Waals surface area contributed by atoms with E-state index in [0.717, 1.165) is 5.56 Å².